The highest BCUT2D eigenvalue weighted by atomic mass is 19.4. The summed E-state index contributed by atoms with van der Waals surface area (Å²) >= 11 is 0. The number of alkyl halides is 3. The molecule has 2 aliphatic rings. The summed E-state index contributed by atoms with van der Waals surface area (Å²) in [6.07, 6.45) is 3.08. The molecule has 3 rings (SSSR count). The second kappa shape index (κ2) is 7.67. The van der Waals surface area contributed by atoms with Crippen LogP contribution in [0, 0.1) is 11.3 Å². The van der Waals surface area contributed by atoms with Crippen molar-refractivity contribution in [2.24, 2.45) is 11.3 Å². The predicted octanol–water partition coefficient (Wildman–Crippen LogP) is 5.13. The molecule has 3 nitrogen and oxygen atoms in total. The van der Waals surface area contributed by atoms with Crippen LogP contribution in [0.3, 0.4) is 0 Å². The monoisotopic (exact) mass is 371 g/mol. The molecule has 0 radical (unpaired) electrons. The van der Waals surface area contributed by atoms with Gasteiger partial charge >= 0.3 is 6.18 Å². The number of halogens is 3. The van der Waals surface area contributed by atoms with Gasteiger partial charge in [-0.15, -0.1) is 0 Å². The molecule has 1 saturated heterocycles. The molecule has 1 aliphatic heterocycles. The predicted molar refractivity (Wildman–Crippen MR) is 95.3 cm³/mol. The molecule has 1 unspecified atom stereocenters. The van der Waals surface area contributed by atoms with E-state index in [-0.39, 0.29) is 11.2 Å². The molecule has 1 spiro atoms. The number of nitrogens with zero attached hydrogens (tertiary/aromatic N) is 1. The molecule has 26 heavy (non-hydrogen) atoms. The number of hydrogen-bond acceptors (Lipinski definition) is 3. The number of ether oxygens (including phenoxy) is 1. The lowest BCUT2D eigenvalue weighted by atomic mass is 9.68. The summed E-state index contributed by atoms with van der Waals surface area (Å²) in [7, 11) is 0. The molecule has 1 aliphatic carbocycles. The van der Waals surface area contributed by atoms with Crippen LogP contribution in [0.1, 0.15) is 51.9 Å². The van der Waals surface area contributed by atoms with Crippen molar-refractivity contribution in [1.82, 2.24) is 0 Å². The zero-order valence-electron chi connectivity index (χ0n) is 15.3. The van der Waals surface area contributed by atoms with Crippen LogP contribution < -0.4 is 9.64 Å². The molecule has 1 N–H and O–H groups in total. The summed E-state index contributed by atoms with van der Waals surface area (Å²) in [5.74, 6) is 0.978. The van der Waals surface area contributed by atoms with Gasteiger partial charge < -0.3 is 14.7 Å². The number of aliphatic hydroxyl groups excluding tert-OH is 1. The van der Waals surface area contributed by atoms with Gasteiger partial charge in [-0.2, -0.15) is 13.2 Å². The minimum atomic E-state index is -4.34. The molecule has 1 aromatic carbocycles. The number of anilines is 1. The minimum absolute atomic E-state index is 0.0320. The standard InChI is InChI=1S/C20H28F3NO2/c1-2-3-15-8-10-19(11-9-15)12-13-24(18(19)25)16-4-6-17(7-5-16)26-14-20(21,22)23/h4-7,15,18,25H,2-3,8-14H2,1H3. The van der Waals surface area contributed by atoms with Gasteiger partial charge in [-0.1, -0.05) is 19.8 Å². The zero-order chi connectivity index (χ0) is 18.8. The van der Waals surface area contributed by atoms with Gasteiger partial charge in [-0.25, -0.2) is 0 Å². The van der Waals surface area contributed by atoms with E-state index in [9.17, 15) is 18.3 Å². The van der Waals surface area contributed by atoms with Crippen molar-refractivity contribution < 1.29 is 23.0 Å². The van der Waals surface area contributed by atoms with E-state index in [1.165, 1.54) is 37.8 Å². The fourth-order valence-electron chi connectivity index (χ4n) is 4.55. The van der Waals surface area contributed by atoms with Gasteiger partial charge in [0.25, 0.3) is 0 Å². The van der Waals surface area contributed by atoms with Crippen LogP contribution in [0.15, 0.2) is 24.3 Å². The molecule has 0 amide bonds. The Kier molecular flexibility index (Phi) is 5.70. The van der Waals surface area contributed by atoms with Gasteiger partial charge in [0.15, 0.2) is 6.61 Å². The highest BCUT2D eigenvalue weighted by Gasteiger charge is 2.48. The first-order chi connectivity index (χ1) is 12.3. The van der Waals surface area contributed by atoms with E-state index in [4.69, 9.17) is 4.74 Å². The third-order valence-electron chi connectivity index (χ3n) is 6.06. The average molecular weight is 371 g/mol. The Morgan fingerprint density at radius 2 is 1.81 bits per heavy atom. The normalized spacial score (nSPS) is 29.3. The van der Waals surface area contributed by atoms with Gasteiger partial charge in [-0.05, 0) is 62.3 Å². The highest BCUT2D eigenvalue weighted by molar-refractivity contribution is 5.51. The fourth-order valence-corrected chi connectivity index (χ4v) is 4.55. The van der Waals surface area contributed by atoms with Crippen molar-refractivity contribution in [3.63, 3.8) is 0 Å². The fraction of sp³-hybridized carbons (Fsp3) is 0.700. The van der Waals surface area contributed by atoms with Crippen LogP contribution in [-0.2, 0) is 0 Å². The smallest absolute Gasteiger partial charge is 0.422 e. The number of rotatable bonds is 5. The second-order valence-corrected chi connectivity index (χ2v) is 7.81. The Morgan fingerprint density at radius 3 is 2.38 bits per heavy atom. The van der Waals surface area contributed by atoms with Crippen molar-refractivity contribution in [2.75, 3.05) is 18.1 Å². The van der Waals surface area contributed by atoms with Crippen molar-refractivity contribution in [1.29, 1.82) is 0 Å². The van der Waals surface area contributed by atoms with Gasteiger partial charge in [-0.3, -0.25) is 0 Å². The molecular formula is C20H28F3NO2. The maximum atomic E-state index is 12.2. The van der Waals surface area contributed by atoms with Crippen LogP contribution in [0.5, 0.6) is 5.75 Å². The Hall–Kier alpha value is -1.43. The summed E-state index contributed by atoms with van der Waals surface area (Å²) in [6, 6.07) is 6.54. The first-order valence-electron chi connectivity index (χ1n) is 9.57. The van der Waals surface area contributed by atoms with Crippen molar-refractivity contribution in [2.45, 2.75) is 64.3 Å². The minimum Gasteiger partial charge on any atom is -0.484 e. The van der Waals surface area contributed by atoms with E-state index in [1.807, 2.05) is 4.90 Å². The lowest BCUT2D eigenvalue weighted by molar-refractivity contribution is -0.153. The summed E-state index contributed by atoms with van der Waals surface area (Å²) in [5.41, 5.74) is 0.805. The summed E-state index contributed by atoms with van der Waals surface area (Å²) in [5, 5.41) is 11.0. The molecule has 0 bridgehead atoms. The topological polar surface area (TPSA) is 32.7 Å². The molecule has 146 valence electrons. The zero-order valence-corrected chi connectivity index (χ0v) is 15.3. The number of aliphatic hydroxyl groups is 1. The second-order valence-electron chi connectivity index (χ2n) is 7.81. The number of hydrogen-bond donors (Lipinski definition) is 1. The molecule has 1 heterocycles. The van der Waals surface area contributed by atoms with E-state index >= 15 is 0 Å². The van der Waals surface area contributed by atoms with Gasteiger partial charge in [0.05, 0.1) is 0 Å². The summed E-state index contributed by atoms with van der Waals surface area (Å²) in [6.45, 7) is 1.71. The Labute approximate surface area is 153 Å². The lowest BCUT2D eigenvalue weighted by Crippen LogP contribution is -2.41. The molecule has 6 heteroatoms. The molecule has 1 saturated carbocycles. The first kappa shape index (κ1) is 19.3. The van der Waals surface area contributed by atoms with Crippen LogP contribution >= 0.6 is 0 Å². The van der Waals surface area contributed by atoms with Crippen LogP contribution in [0.2, 0.25) is 0 Å². The molecular weight excluding hydrogens is 343 g/mol. The maximum absolute atomic E-state index is 12.2. The SMILES string of the molecule is CCCC1CCC2(CC1)CCN(c1ccc(OCC(F)(F)F)cc1)C2O. The maximum Gasteiger partial charge on any atom is 0.422 e. The third-order valence-corrected chi connectivity index (χ3v) is 6.06. The van der Waals surface area contributed by atoms with Crippen LogP contribution in [-0.4, -0.2) is 30.7 Å². The third kappa shape index (κ3) is 4.27. The lowest BCUT2D eigenvalue weighted by Gasteiger charge is -2.41. The molecule has 0 aromatic heterocycles. The van der Waals surface area contributed by atoms with E-state index < -0.39 is 19.0 Å². The van der Waals surface area contributed by atoms with Gasteiger partial charge in [0, 0.05) is 17.6 Å². The van der Waals surface area contributed by atoms with Gasteiger partial charge in [0.2, 0.25) is 0 Å². The van der Waals surface area contributed by atoms with E-state index in [1.54, 1.807) is 12.1 Å². The first-order valence-corrected chi connectivity index (χ1v) is 9.57. The molecule has 2 fully saturated rings. The number of benzene rings is 1. The summed E-state index contributed by atoms with van der Waals surface area (Å²) in [4.78, 5) is 1.98. The molecule has 1 atom stereocenters. The van der Waals surface area contributed by atoms with E-state index in [0.717, 1.165) is 37.4 Å². The van der Waals surface area contributed by atoms with Gasteiger partial charge in [0.1, 0.15) is 12.0 Å². The molecule has 1 aromatic rings. The summed E-state index contributed by atoms with van der Waals surface area (Å²) < 4.78 is 41.4. The largest absolute Gasteiger partial charge is 0.484 e. The van der Waals surface area contributed by atoms with E-state index in [2.05, 4.69) is 6.92 Å². The Bertz CT molecular complexity index is 580. The van der Waals surface area contributed by atoms with Crippen LogP contribution in [0.25, 0.3) is 0 Å². The Balaban J connectivity index is 1.60. The van der Waals surface area contributed by atoms with E-state index in [0.29, 0.717) is 0 Å². The highest BCUT2D eigenvalue weighted by Crippen LogP contribution is 2.50. The van der Waals surface area contributed by atoms with Crippen LogP contribution in [0.4, 0.5) is 18.9 Å². The quantitative estimate of drug-likeness (QED) is 0.779. The van der Waals surface area contributed by atoms with Crippen molar-refractivity contribution >= 4 is 5.69 Å². The Morgan fingerprint density at radius 1 is 1.15 bits per heavy atom. The van der Waals surface area contributed by atoms with Crippen molar-refractivity contribution in [3.05, 3.63) is 24.3 Å². The average Bonchev–Trinajstić information content (AvgIpc) is 2.92. The van der Waals surface area contributed by atoms with Crippen molar-refractivity contribution in [3.8, 4) is 5.75 Å².